The summed E-state index contributed by atoms with van der Waals surface area (Å²) >= 11 is 0. The third kappa shape index (κ3) is 4.81. The van der Waals surface area contributed by atoms with Crippen molar-refractivity contribution in [2.24, 2.45) is 22.7 Å². The number of aliphatic hydroxyl groups excluding tert-OH is 2. The molecule has 0 bridgehead atoms. The van der Waals surface area contributed by atoms with Crippen molar-refractivity contribution < 1.29 is 29.3 Å². The highest BCUT2D eigenvalue weighted by Crippen LogP contribution is 2.61. The number of anilines is 1. The summed E-state index contributed by atoms with van der Waals surface area (Å²) in [5, 5.41) is 24.3. The second-order valence-electron chi connectivity index (χ2n) is 10.6. The van der Waals surface area contributed by atoms with Gasteiger partial charge in [-0.15, -0.1) is 0 Å². The van der Waals surface area contributed by atoms with E-state index in [1.165, 1.54) is 0 Å². The van der Waals surface area contributed by atoms with Crippen LogP contribution in [0.4, 0.5) is 10.5 Å². The lowest BCUT2D eigenvalue weighted by molar-refractivity contribution is -0.187. The minimum atomic E-state index is -0.665. The number of hydrogen-bond acceptors (Lipinski definition) is 6. The number of carbonyl (C=O) groups is 2. The van der Waals surface area contributed by atoms with Gasteiger partial charge in [0, 0.05) is 30.6 Å². The van der Waals surface area contributed by atoms with Crippen molar-refractivity contribution in [2.45, 2.75) is 58.2 Å². The van der Waals surface area contributed by atoms with E-state index in [1.807, 2.05) is 30.0 Å². The molecular formula is C26H38N2O6. The Kier molecular flexibility index (Phi) is 7.50. The summed E-state index contributed by atoms with van der Waals surface area (Å²) in [4.78, 5) is 27.6. The number of carbonyl (C=O) groups excluding carboxylic acids is 2. The van der Waals surface area contributed by atoms with Gasteiger partial charge in [-0.05, 0) is 55.1 Å². The average Bonchev–Trinajstić information content (AvgIpc) is 2.84. The number of ether oxygens (including phenoxy) is 2. The van der Waals surface area contributed by atoms with E-state index in [-0.39, 0.29) is 36.2 Å². The molecule has 188 valence electrons. The van der Waals surface area contributed by atoms with Crippen LogP contribution < -0.4 is 5.32 Å². The molecule has 3 N–H and O–H groups in total. The Bertz CT molecular complexity index is 860. The van der Waals surface area contributed by atoms with Crippen LogP contribution in [-0.2, 0) is 14.3 Å². The zero-order valence-corrected chi connectivity index (χ0v) is 20.2. The first kappa shape index (κ1) is 24.9. The fourth-order valence-electron chi connectivity index (χ4n) is 6.71. The van der Waals surface area contributed by atoms with Gasteiger partial charge < -0.3 is 24.6 Å². The minimum absolute atomic E-state index is 0.0131. The van der Waals surface area contributed by atoms with Gasteiger partial charge in [0.25, 0.3) is 0 Å². The van der Waals surface area contributed by atoms with Crippen LogP contribution in [0, 0.1) is 22.7 Å². The molecule has 8 nitrogen and oxygen atoms in total. The quantitative estimate of drug-likeness (QED) is 0.605. The van der Waals surface area contributed by atoms with Gasteiger partial charge in [0.15, 0.2) is 0 Å². The third-order valence-electron chi connectivity index (χ3n) is 8.70. The van der Waals surface area contributed by atoms with Gasteiger partial charge in [0.1, 0.15) is 6.10 Å². The summed E-state index contributed by atoms with van der Waals surface area (Å²) in [7, 11) is 0. The van der Waals surface area contributed by atoms with E-state index in [0.29, 0.717) is 51.3 Å². The number of nitrogens with one attached hydrogen (secondary N) is 1. The molecule has 3 fully saturated rings. The molecule has 1 aromatic carbocycles. The van der Waals surface area contributed by atoms with E-state index in [4.69, 9.17) is 9.47 Å². The summed E-state index contributed by atoms with van der Waals surface area (Å²) in [6.07, 6.45) is 1.32. The fraction of sp³-hybridized carbons (Fsp3) is 0.692. The van der Waals surface area contributed by atoms with E-state index in [2.05, 4.69) is 12.2 Å². The van der Waals surface area contributed by atoms with Crippen LogP contribution in [0.3, 0.4) is 0 Å². The molecule has 34 heavy (non-hydrogen) atoms. The Balaban J connectivity index is 1.49. The molecular weight excluding hydrogens is 436 g/mol. The fourth-order valence-corrected chi connectivity index (χ4v) is 6.71. The predicted molar refractivity (Wildman–Crippen MR) is 127 cm³/mol. The monoisotopic (exact) mass is 474 g/mol. The van der Waals surface area contributed by atoms with Crippen LogP contribution in [0.5, 0.6) is 0 Å². The SMILES string of the molecule is C[C@]1(CO)C2CC[C@@H](O)[C@@H](CC(=O)N3CCOCC3)[C@]2(C)CC[C@H]1OC(=O)Nc1ccccc1. The topological polar surface area (TPSA) is 108 Å². The molecule has 1 aliphatic heterocycles. The molecule has 8 heteroatoms. The van der Waals surface area contributed by atoms with Gasteiger partial charge in [-0.2, -0.15) is 0 Å². The maximum absolute atomic E-state index is 13.1. The molecule has 4 rings (SSSR count). The third-order valence-corrected chi connectivity index (χ3v) is 8.70. The summed E-state index contributed by atoms with van der Waals surface area (Å²) in [5.41, 5.74) is -0.352. The molecule has 0 aromatic heterocycles. The Labute approximate surface area is 201 Å². The maximum Gasteiger partial charge on any atom is 0.411 e. The molecule has 2 saturated carbocycles. The Morgan fingerprint density at radius 2 is 1.85 bits per heavy atom. The van der Waals surface area contributed by atoms with Crippen molar-refractivity contribution in [2.75, 3.05) is 38.2 Å². The first-order valence-corrected chi connectivity index (χ1v) is 12.4. The van der Waals surface area contributed by atoms with Crippen LogP contribution in [-0.4, -0.2) is 72.2 Å². The Morgan fingerprint density at radius 3 is 2.53 bits per heavy atom. The molecule has 6 atom stereocenters. The highest BCUT2D eigenvalue weighted by molar-refractivity contribution is 5.84. The van der Waals surface area contributed by atoms with E-state index < -0.39 is 23.7 Å². The highest BCUT2D eigenvalue weighted by atomic mass is 16.6. The zero-order chi connectivity index (χ0) is 24.3. The Hall–Kier alpha value is -2.16. The summed E-state index contributed by atoms with van der Waals surface area (Å²) in [6, 6.07) is 9.14. The van der Waals surface area contributed by atoms with Crippen molar-refractivity contribution >= 4 is 17.7 Å². The van der Waals surface area contributed by atoms with E-state index >= 15 is 0 Å². The number of amides is 2. The van der Waals surface area contributed by atoms with Crippen LogP contribution in [0.1, 0.15) is 46.0 Å². The number of rotatable bonds is 5. The molecule has 1 aromatic rings. The molecule has 1 heterocycles. The standard InChI is InChI=1S/C26H38N2O6/c1-25-11-10-22(34-24(32)27-18-6-4-3-5-7-18)26(2,17-29)21(25)9-8-20(30)19(25)16-23(31)28-12-14-33-15-13-28/h3-7,19-22,29-30H,8-17H2,1-2H3,(H,27,32)/t19-,20-,21?,22-,25+,26+/m1/s1. The van der Waals surface area contributed by atoms with Crippen LogP contribution in [0.2, 0.25) is 0 Å². The van der Waals surface area contributed by atoms with Gasteiger partial charge in [0.05, 0.1) is 25.9 Å². The van der Waals surface area contributed by atoms with Crippen LogP contribution >= 0.6 is 0 Å². The number of aliphatic hydroxyl groups is 2. The smallest absolute Gasteiger partial charge is 0.411 e. The molecule has 2 amide bonds. The van der Waals surface area contributed by atoms with Crippen molar-refractivity contribution in [1.29, 1.82) is 0 Å². The maximum atomic E-state index is 13.1. The Morgan fingerprint density at radius 1 is 1.15 bits per heavy atom. The molecule has 2 aliphatic carbocycles. The second-order valence-corrected chi connectivity index (χ2v) is 10.6. The van der Waals surface area contributed by atoms with Crippen LogP contribution in [0.25, 0.3) is 0 Å². The lowest BCUT2D eigenvalue weighted by Gasteiger charge is -2.60. The van der Waals surface area contributed by atoms with Crippen molar-refractivity contribution in [3.8, 4) is 0 Å². The number of hydrogen-bond donors (Lipinski definition) is 3. The molecule has 0 spiro atoms. The number of nitrogens with zero attached hydrogens (tertiary/aromatic N) is 1. The van der Waals surface area contributed by atoms with Crippen molar-refractivity contribution in [3.05, 3.63) is 30.3 Å². The van der Waals surface area contributed by atoms with Gasteiger partial charge in [0.2, 0.25) is 5.91 Å². The van der Waals surface area contributed by atoms with Crippen molar-refractivity contribution in [1.82, 2.24) is 4.90 Å². The van der Waals surface area contributed by atoms with E-state index in [1.54, 1.807) is 12.1 Å². The highest BCUT2D eigenvalue weighted by Gasteiger charge is 2.60. The normalized spacial score (nSPS) is 35.8. The molecule has 1 saturated heterocycles. The molecule has 3 aliphatic rings. The summed E-state index contributed by atoms with van der Waals surface area (Å²) in [6.45, 7) is 6.26. The average molecular weight is 475 g/mol. The first-order chi connectivity index (χ1) is 16.3. The number of para-hydroxylation sites is 1. The van der Waals surface area contributed by atoms with Gasteiger partial charge in [-0.25, -0.2) is 4.79 Å². The summed E-state index contributed by atoms with van der Waals surface area (Å²) < 4.78 is 11.2. The lowest BCUT2D eigenvalue weighted by atomic mass is 9.46. The number of fused-ring (bicyclic) bond motifs is 1. The lowest BCUT2D eigenvalue weighted by Crippen LogP contribution is -2.61. The minimum Gasteiger partial charge on any atom is -0.445 e. The number of benzene rings is 1. The molecule has 1 unspecified atom stereocenters. The largest absolute Gasteiger partial charge is 0.445 e. The van der Waals surface area contributed by atoms with E-state index in [9.17, 15) is 19.8 Å². The van der Waals surface area contributed by atoms with Gasteiger partial charge in [-0.1, -0.05) is 32.0 Å². The molecule has 0 radical (unpaired) electrons. The predicted octanol–water partition coefficient (Wildman–Crippen LogP) is 3.04. The van der Waals surface area contributed by atoms with Crippen LogP contribution in [0.15, 0.2) is 30.3 Å². The summed E-state index contributed by atoms with van der Waals surface area (Å²) in [5.74, 6) is -0.133. The second kappa shape index (κ2) is 10.2. The zero-order valence-electron chi connectivity index (χ0n) is 20.2. The number of morpholine rings is 1. The van der Waals surface area contributed by atoms with Gasteiger partial charge in [-0.3, -0.25) is 10.1 Å². The van der Waals surface area contributed by atoms with Gasteiger partial charge >= 0.3 is 6.09 Å². The van der Waals surface area contributed by atoms with E-state index in [0.717, 1.165) is 6.42 Å². The van der Waals surface area contributed by atoms with Crippen molar-refractivity contribution in [3.63, 3.8) is 0 Å². The first-order valence-electron chi connectivity index (χ1n) is 12.4.